The predicted octanol–water partition coefficient (Wildman–Crippen LogP) is 4.26. The van der Waals surface area contributed by atoms with Gasteiger partial charge >= 0.3 is 0 Å². The van der Waals surface area contributed by atoms with E-state index in [0.29, 0.717) is 24.3 Å². The molecule has 168 valence electrons. The van der Waals surface area contributed by atoms with Crippen molar-refractivity contribution in [3.63, 3.8) is 0 Å². The number of hydrogen-bond acceptors (Lipinski definition) is 5. The molecule has 31 heavy (non-hydrogen) atoms. The standard InChI is InChI=1S/C25H34ClN3O2/c1-28(2)19-15-27-23-11-5-20(6-12-23)24(30)4-3-16-29-17-13-25(31,14-18-29)21-7-9-22(26)10-8-21/h5-12,27,31H,3-4,13-19H2,1-2H3. The van der Waals surface area contributed by atoms with E-state index in [-0.39, 0.29) is 5.78 Å². The van der Waals surface area contributed by atoms with Crippen LogP contribution in [0.15, 0.2) is 48.5 Å². The van der Waals surface area contributed by atoms with Gasteiger partial charge in [0.05, 0.1) is 5.60 Å². The van der Waals surface area contributed by atoms with Gasteiger partial charge in [-0.1, -0.05) is 23.7 Å². The number of carbonyl (C=O) groups is 1. The molecule has 3 rings (SSSR count). The Bertz CT molecular complexity index is 829. The third-order valence-electron chi connectivity index (χ3n) is 6.04. The summed E-state index contributed by atoms with van der Waals surface area (Å²) in [5, 5.41) is 15.0. The van der Waals surface area contributed by atoms with E-state index in [1.807, 2.05) is 62.6 Å². The largest absolute Gasteiger partial charge is 0.385 e. The van der Waals surface area contributed by atoms with Crippen molar-refractivity contribution in [1.82, 2.24) is 9.80 Å². The molecule has 0 aliphatic carbocycles. The maximum absolute atomic E-state index is 12.5. The van der Waals surface area contributed by atoms with E-state index in [1.54, 1.807) is 0 Å². The fraction of sp³-hybridized carbons (Fsp3) is 0.480. The number of ketones is 1. The highest BCUT2D eigenvalue weighted by atomic mass is 35.5. The lowest BCUT2D eigenvalue weighted by molar-refractivity contribution is -0.0260. The zero-order chi connectivity index (χ0) is 22.3. The summed E-state index contributed by atoms with van der Waals surface area (Å²) in [4.78, 5) is 17.0. The van der Waals surface area contributed by atoms with Gasteiger partial charge in [-0.05, 0) is 81.9 Å². The molecule has 5 nitrogen and oxygen atoms in total. The van der Waals surface area contributed by atoms with Crippen LogP contribution >= 0.6 is 11.6 Å². The molecule has 1 aliphatic rings. The van der Waals surface area contributed by atoms with Gasteiger partial charge in [-0.2, -0.15) is 0 Å². The Morgan fingerprint density at radius 3 is 2.35 bits per heavy atom. The van der Waals surface area contributed by atoms with Crippen molar-refractivity contribution in [2.24, 2.45) is 0 Å². The molecule has 1 aliphatic heterocycles. The first-order chi connectivity index (χ1) is 14.9. The third-order valence-corrected chi connectivity index (χ3v) is 6.29. The van der Waals surface area contributed by atoms with Gasteiger partial charge in [0.25, 0.3) is 0 Å². The monoisotopic (exact) mass is 443 g/mol. The molecule has 0 spiro atoms. The van der Waals surface area contributed by atoms with Crippen LogP contribution in [-0.2, 0) is 5.60 Å². The number of piperidine rings is 1. The molecule has 0 amide bonds. The minimum Gasteiger partial charge on any atom is -0.385 e. The van der Waals surface area contributed by atoms with Crippen molar-refractivity contribution in [2.45, 2.75) is 31.3 Å². The van der Waals surface area contributed by atoms with Crippen LogP contribution in [0.25, 0.3) is 0 Å². The Morgan fingerprint density at radius 1 is 1.10 bits per heavy atom. The van der Waals surface area contributed by atoms with Crippen molar-refractivity contribution in [3.05, 3.63) is 64.7 Å². The average molecular weight is 444 g/mol. The van der Waals surface area contributed by atoms with Crippen LogP contribution in [0.5, 0.6) is 0 Å². The Labute approximate surface area is 191 Å². The van der Waals surface area contributed by atoms with Crippen LogP contribution in [0.3, 0.4) is 0 Å². The fourth-order valence-electron chi connectivity index (χ4n) is 4.00. The quantitative estimate of drug-likeness (QED) is 0.537. The summed E-state index contributed by atoms with van der Waals surface area (Å²) in [5.41, 5.74) is 1.97. The van der Waals surface area contributed by atoms with Gasteiger partial charge in [0, 0.05) is 48.9 Å². The van der Waals surface area contributed by atoms with E-state index in [0.717, 1.165) is 56.0 Å². The molecule has 2 aromatic rings. The second-order valence-electron chi connectivity index (χ2n) is 8.71. The van der Waals surface area contributed by atoms with Crippen LogP contribution in [0, 0.1) is 0 Å². The molecule has 0 unspecified atom stereocenters. The normalized spacial score (nSPS) is 16.4. The van der Waals surface area contributed by atoms with E-state index >= 15 is 0 Å². The SMILES string of the molecule is CN(C)CCNc1ccc(C(=O)CCCN2CCC(O)(c3ccc(Cl)cc3)CC2)cc1. The topological polar surface area (TPSA) is 55.8 Å². The van der Waals surface area contributed by atoms with Crippen LogP contribution in [-0.4, -0.2) is 67.5 Å². The number of likely N-dealkylation sites (N-methyl/N-ethyl adjacent to an activating group) is 1. The number of rotatable bonds is 10. The molecule has 2 N–H and O–H groups in total. The highest BCUT2D eigenvalue weighted by molar-refractivity contribution is 6.30. The lowest BCUT2D eigenvalue weighted by Crippen LogP contribution is -2.42. The van der Waals surface area contributed by atoms with E-state index in [2.05, 4.69) is 15.1 Å². The van der Waals surface area contributed by atoms with E-state index in [4.69, 9.17) is 11.6 Å². The summed E-state index contributed by atoms with van der Waals surface area (Å²) in [6.07, 6.45) is 2.78. The average Bonchev–Trinajstić information content (AvgIpc) is 2.76. The van der Waals surface area contributed by atoms with Gasteiger partial charge in [0.1, 0.15) is 0 Å². The van der Waals surface area contributed by atoms with Crippen molar-refractivity contribution >= 4 is 23.1 Å². The van der Waals surface area contributed by atoms with Crippen LogP contribution in [0.4, 0.5) is 5.69 Å². The molecule has 1 saturated heterocycles. The molecule has 2 aromatic carbocycles. The Kier molecular flexibility index (Phi) is 8.50. The predicted molar refractivity (Wildman–Crippen MR) is 128 cm³/mol. The van der Waals surface area contributed by atoms with Gasteiger partial charge < -0.3 is 20.2 Å². The Balaban J connectivity index is 1.38. The van der Waals surface area contributed by atoms with Crippen LogP contribution in [0.1, 0.15) is 41.6 Å². The van der Waals surface area contributed by atoms with Crippen molar-refractivity contribution in [2.75, 3.05) is 52.1 Å². The maximum atomic E-state index is 12.5. The molecular formula is C25H34ClN3O2. The number of likely N-dealkylation sites (tertiary alicyclic amines) is 1. The zero-order valence-corrected chi connectivity index (χ0v) is 19.4. The number of halogens is 1. The second-order valence-corrected chi connectivity index (χ2v) is 9.15. The van der Waals surface area contributed by atoms with Crippen molar-refractivity contribution in [3.8, 4) is 0 Å². The molecule has 0 atom stereocenters. The molecule has 0 radical (unpaired) electrons. The number of nitrogens with one attached hydrogen (secondary N) is 1. The van der Waals surface area contributed by atoms with E-state index in [9.17, 15) is 9.90 Å². The van der Waals surface area contributed by atoms with Crippen LogP contribution < -0.4 is 5.32 Å². The van der Waals surface area contributed by atoms with Gasteiger partial charge in [-0.3, -0.25) is 4.79 Å². The minimum atomic E-state index is -0.779. The smallest absolute Gasteiger partial charge is 0.162 e. The van der Waals surface area contributed by atoms with Gasteiger partial charge in [-0.15, -0.1) is 0 Å². The maximum Gasteiger partial charge on any atom is 0.162 e. The first-order valence-corrected chi connectivity index (χ1v) is 11.5. The van der Waals surface area contributed by atoms with Crippen LogP contribution in [0.2, 0.25) is 5.02 Å². The number of carbonyl (C=O) groups excluding carboxylic acids is 1. The highest BCUT2D eigenvalue weighted by Crippen LogP contribution is 2.33. The molecule has 6 heteroatoms. The lowest BCUT2D eigenvalue weighted by atomic mass is 9.84. The number of benzene rings is 2. The summed E-state index contributed by atoms with van der Waals surface area (Å²) >= 11 is 5.96. The minimum absolute atomic E-state index is 0.189. The Morgan fingerprint density at radius 2 is 1.74 bits per heavy atom. The molecule has 0 bridgehead atoms. The number of Topliss-reactive ketones (excluding diaryl/α,β-unsaturated/α-hetero) is 1. The number of hydrogen-bond donors (Lipinski definition) is 2. The lowest BCUT2D eigenvalue weighted by Gasteiger charge is -2.38. The molecule has 1 fully saturated rings. The summed E-state index contributed by atoms with van der Waals surface area (Å²) in [5.74, 6) is 0.189. The zero-order valence-electron chi connectivity index (χ0n) is 18.6. The first kappa shape index (κ1) is 23.7. The summed E-state index contributed by atoms with van der Waals surface area (Å²) in [6.45, 7) is 4.39. The molecule has 0 aromatic heterocycles. The van der Waals surface area contributed by atoms with Crippen molar-refractivity contribution in [1.29, 1.82) is 0 Å². The number of nitrogens with zero attached hydrogens (tertiary/aromatic N) is 2. The van der Waals surface area contributed by atoms with Gasteiger partial charge in [0.15, 0.2) is 5.78 Å². The van der Waals surface area contributed by atoms with Gasteiger partial charge in [-0.25, -0.2) is 0 Å². The number of aliphatic hydroxyl groups is 1. The molecule has 1 heterocycles. The second kappa shape index (κ2) is 11.1. The number of anilines is 1. The van der Waals surface area contributed by atoms with Gasteiger partial charge in [0.2, 0.25) is 0 Å². The highest BCUT2D eigenvalue weighted by Gasteiger charge is 2.33. The summed E-state index contributed by atoms with van der Waals surface area (Å²) in [7, 11) is 4.10. The first-order valence-electron chi connectivity index (χ1n) is 11.1. The van der Waals surface area contributed by atoms with E-state index < -0.39 is 5.60 Å². The van der Waals surface area contributed by atoms with Crippen molar-refractivity contribution < 1.29 is 9.90 Å². The van der Waals surface area contributed by atoms with E-state index in [1.165, 1.54) is 0 Å². The molecule has 0 saturated carbocycles. The summed E-state index contributed by atoms with van der Waals surface area (Å²) < 4.78 is 0. The fourth-order valence-corrected chi connectivity index (χ4v) is 4.13. The molecular weight excluding hydrogens is 410 g/mol. The third kappa shape index (κ3) is 7.04. The summed E-state index contributed by atoms with van der Waals surface area (Å²) in [6, 6.07) is 15.3. The Hall–Kier alpha value is -1.92.